The van der Waals surface area contributed by atoms with E-state index in [0.717, 1.165) is 11.3 Å². The number of hydrogen-bond donors (Lipinski definition) is 3. The summed E-state index contributed by atoms with van der Waals surface area (Å²) in [5.41, 5.74) is 2.03. The highest BCUT2D eigenvalue weighted by Crippen LogP contribution is 2.05. The van der Waals surface area contributed by atoms with E-state index in [4.69, 9.17) is 0 Å². The lowest BCUT2D eigenvalue weighted by Gasteiger charge is -1.99. The molecule has 2 heterocycles. The third kappa shape index (κ3) is 2.46. The number of anilines is 1. The number of aryl methyl sites for hydroxylation is 1. The van der Waals surface area contributed by atoms with Crippen molar-refractivity contribution in [1.29, 1.82) is 0 Å². The fourth-order valence-corrected chi connectivity index (χ4v) is 1.38. The first-order valence-corrected chi connectivity index (χ1v) is 4.67. The third-order valence-electron chi connectivity index (χ3n) is 2.03. The molecule has 78 valence electrons. The number of nitrogens with one attached hydrogen (secondary N) is 3. The fraction of sp³-hybridized carbons (Fsp3) is 0.200. The van der Waals surface area contributed by atoms with Gasteiger partial charge in [0.1, 0.15) is 5.82 Å². The summed E-state index contributed by atoms with van der Waals surface area (Å²) in [5, 5.41) is 9.12. The molecule has 1 amide bonds. The van der Waals surface area contributed by atoms with Crippen LogP contribution in [0.2, 0.25) is 0 Å². The van der Waals surface area contributed by atoms with Crippen LogP contribution in [0.5, 0.6) is 0 Å². The lowest BCUT2D eigenvalue weighted by atomic mass is 10.2. The number of aromatic amines is 2. The zero-order valence-electron chi connectivity index (χ0n) is 8.37. The Bertz CT molecular complexity index is 444. The van der Waals surface area contributed by atoms with Gasteiger partial charge in [-0.2, -0.15) is 5.10 Å². The highest BCUT2D eigenvalue weighted by Gasteiger charge is 2.05. The molecular weight excluding hydrogens is 192 g/mol. The Morgan fingerprint density at radius 3 is 3.07 bits per heavy atom. The predicted octanol–water partition coefficient (Wildman–Crippen LogP) is 1.23. The molecule has 2 rings (SSSR count). The highest BCUT2D eigenvalue weighted by molar-refractivity contribution is 5.91. The maximum absolute atomic E-state index is 11.5. The van der Waals surface area contributed by atoms with E-state index in [0.29, 0.717) is 12.2 Å². The summed E-state index contributed by atoms with van der Waals surface area (Å²) in [4.78, 5) is 14.5. The van der Waals surface area contributed by atoms with Gasteiger partial charge < -0.3 is 10.3 Å². The normalized spacial score (nSPS) is 10.2. The third-order valence-corrected chi connectivity index (χ3v) is 2.03. The maximum Gasteiger partial charge on any atom is 0.229 e. The number of H-pyrrole nitrogens is 2. The van der Waals surface area contributed by atoms with Crippen LogP contribution in [-0.2, 0) is 11.2 Å². The van der Waals surface area contributed by atoms with Crippen LogP contribution in [0.3, 0.4) is 0 Å². The molecule has 0 aliphatic rings. The van der Waals surface area contributed by atoms with Crippen LogP contribution in [0, 0.1) is 6.92 Å². The van der Waals surface area contributed by atoms with Crippen molar-refractivity contribution in [3.8, 4) is 0 Å². The monoisotopic (exact) mass is 204 g/mol. The topological polar surface area (TPSA) is 73.6 Å². The van der Waals surface area contributed by atoms with Gasteiger partial charge in [0.2, 0.25) is 5.91 Å². The highest BCUT2D eigenvalue weighted by atomic mass is 16.1. The van der Waals surface area contributed by atoms with Crippen LogP contribution in [0.25, 0.3) is 0 Å². The number of carbonyl (C=O) groups excluding carboxylic acids is 1. The van der Waals surface area contributed by atoms with Crippen molar-refractivity contribution in [2.75, 3.05) is 5.32 Å². The van der Waals surface area contributed by atoms with E-state index >= 15 is 0 Å². The summed E-state index contributed by atoms with van der Waals surface area (Å²) >= 11 is 0. The Morgan fingerprint density at radius 1 is 1.60 bits per heavy atom. The van der Waals surface area contributed by atoms with Crippen molar-refractivity contribution in [1.82, 2.24) is 15.2 Å². The first-order chi connectivity index (χ1) is 7.24. The average Bonchev–Trinajstić information content (AvgIpc) is 2.77. The minimum absolute atomic E-state index is 0.0572. The SMILES string of the molecule is Cc1cc(CC(=O)Nc2ccn[nH]2)c[nH]1. The molecule has 2 aromatic heterocycles. The number of amides is 1. The van der Waals surface area contributed by atoms with E-state index in [1.165, 1.54) is 0 Å². The van der Waals surface area contributed by atoms with E-state index in [2.05, 4.69) is 20.5 Å². The van der Waals surface area contributed by atoms with Crippen LogP contribution >= 0.6 is 0 Å². The van der Waals surface area contributed by atoms with Crippen LogP contribution in [0.15, 0.2) is 24.5 Å². The van der Waals surface area contributed by atoms with Gasteiger partial charge in [-0.3, -0.25) is 9.89 Å². The minimum Gasteiger partial charge on any atom is -0.365 e. The van der Waals surface area contributed by atoms with Gasteiger partial charge in [0, 0.05) is 18.0 Å². The van der Waals surface area contributed by atoms with Crippen molar-refractivity contribution in [3.05, 3.63) is 35.8 Å². The molecule has 15 heavy (non-hydrogen) atoms. The quantitative estimate of drug-likeness (QED) is 0.703. The van der Waals surface area contributed by atoms with Crippen molar-refractivity contribution in [3.63, 3.8) is 0 Å². The van der Waals surface area contributed by atoms with Crippen molar-refractivity contribution < 1.29 is 4.79 Å². The van der Waals surface area contributed by atoms with Gasteiger partial charge in [0.15, 0.2) is 0 Å². The molecule has 0 aliphatic carbocycles. The van der Waals surface area contributed by atoms with Gasteiger partial charge in [0.25, 0.3) is 0 Å². The second-order valence-corrected chi connectivity index (χ2v) is 3.39. The van der Waals surface area contributed by atoms with Crippen LogP contribution in [-0.4, -0.2) is 21.1 Å². The predicted molar refractivity (Wildman–Crippen MR) is 56.5 cm³/mol. The molecule has 5 nitrogen and oxygen atoms in total. The Morgan fingerprint density at radius 2 is 2.47 bits per heavy atom. The van der Waals surface area contributed by atoms with E-state index in [1.807, 2.05) is 19.2 Å². The molecular formula is C10H12N4O. The summed E-state index contributed by atoms with van der Waals surface area (Å²) in [6, 6.07) is 3.66. The maximum atomic E-state index is 11.5. The molecule has 0 saturated carbocycles. The first kappa shape index (κ1) is 9.51. The van der Waals surface area contributed by atoms with Gasteiger partial charge >= 0.3 is 0 Å². The molecule has 0 aliphatic heterocycles. The molecule has 0 aromatic carbocycles. The smallest absolute Gasteiger partial charge is 0.229 e. The molecule has 3 N–H and O–H groups in total. The van der Waals surface area contributed by atoms with E-state index < -0.39 is 0 Å². The molecule has 0 fully saturated rings. The van der Waals surface area contributed by atoms with Crippen molar-refractivity contribution in [2.45, 2.75) is 13.3 Å². The molecule has 5 heteroatoms. The summed E-state index contributed by atoms with van der Waals surface area (Å²) in [6.07, 6.45) is 3.79. The molecule has 0 saturated heterocycles. The summed E-state index contributed by atoms with van der Waals surface area (Å²) < 4.78 is 0. The Balaban J connectivity index is 1.93. The van der Waals surface area contributed by atoms with Gasteiger partial charge in [0.05, 0.1) is 12.6 Å². The Kier molecular flexibility index (Phi) is 2.53. The number of nitrogens with zero attached hydrogens (tertiary/aromatic N) is 1. The van der Waals surface area contributed by atoms with Crippen LogP contribution in [0.4, 0.5) is 5.82 Å². The van der Waals surface area contributed by atoms with Crippen molar-refractivity contribution >= 4 is 11.7 Å². The Hall–Kier alpha value is -2.04. The molecule has 2 aromatic rings. The molecule has 0 bridgehead atoms. The van der Waals surface area contributed by atoms with Gasteiger partial charge in [-0.25, -0.2) is 0 Å². The largest absolute Gasteiger partial charge is 0.365 e. The van der Waals surface area contributed by atoms with E-state index in [1.54, 1.807) is 12.3 Å². The van der Waals surface area contributed by atoms with Crippen LogP contribution < -0.4 is 5.32 Å². The van der Waals surface area contributed by atoms with Gasteiger partial charge in [-0.1, -0.05) is 0 Å². The van der Waals surface area contributed by atoms with Gasteiger partial charge in [-0.05, 0) is 18.6 Å². The molecule has 0 atom stereocenters. The summed E-state index contributed by atoms with van der Waals surface area (Å²) in [5.74, 6) is 0.561. The minimum atomic E-state index is -0.0572. The second-order valence-electron chi connectivity index (χ2n) is 3.39. The zero-order valence-corrected chi connectivity index (χ0v) is 8.37. The standard InChI is InChI=1S/C10H12N4O/c1-7-4-8(6-11-7)5-10(15)13-9-2-3-12-14-9/h2-4,6,11H,5H2,1H3,(H2,12,13,14,15). The number of hydrogen-bond acceptors (Lipinski definition) is 2. The number of carbonyl (C=O) groups is 1. The molecule has 0 radical (unpaired) electrons. The molecule has 0 unspecified atom stereocenters. The molecule has 0 spiro atoms. The zero-order chi connectivity index (χ0) is 10.7. The number of aromatic nitrogens is 3. The average molecular weight is 204 g/mol. The first-order valence-electron chi connectivity index (χ1n) is 4.67. The summed E-state index contributed by atoms with van der Waals surface area (Å²) in [6.45, 7) is 1.95. The number of rotatable bonds is 3. The summed E-state index contributed by atoms with van der Waals surface area (Å²) in [7, 11) is 0. The fourth-order valence-electron chi connectivity index (χ4n) is 1.38. The second kappa shape index (κ2) is 4.00. The lowest BCUT2D eigenvalue weighted by Crippen LogP contribution is -2.14. The lowest BCUT2D eigenvalue weighted by molar-refractivity contribution is -0.115. The van der Waals surface area contributed by atoms with E-state index in [-0.39, 0.29) is 5.91 Å². The van der Waals surface area contributed by atoms with Gasteiger partial charge in [-0.15, -0.1) is 0 Å². The van der Waals surface area contributed by atoms with E-state index in [9.17, 15) is 4.79 Å². The van der Waals surface area contributed by atoms with Crippen LogP contribution in [0.1, 0.15) is 11.3 Å². The van der Waals surface area contributed by atoms with Crippen molar-refractivity contribution in [2.24, 2.45) is 0 Å². The Labute approximate surface area is 86.9 Å².